The van der Waals surface area contributed by atoms with Gasteiger partial charge in [-0.3, -0.25) is 4.79 Å². The Labute approximate surface area is 107 Å². The third-order valence-corrected chi connectivity index (χ3v) is 3.97. The molecule has 1 amide bonds. The van der Waals surface area contributed by atoms with Crippen LogP contribution < -0.4 is 5.73 Å². The molecular formula is C15H18N2O. The largest absolute Gasteiger partial charge is 0.366 e. The van der Waals surface area contributed by atoms with Gasteiger partial charge in [0, 0.05) is 23.1 Å². The van der Waals surface area contributed by atoms with Crippen molar-refractivity contribution in [2.45, 2.75) is 38.1 Å². The Hall–Kier alpha value is -1.77. The summed E-state index contributed by atoms with van der Waals surface area (Å²) < 4.78 is 2.26. The van der Waals surface area contributed by atoms with Crippen molar-refractivity contribution >= 4 is 16.8 Å². The smallest absolute Gasteiger partial charge is 0.250 e. The lowest BCUT2D eigenvalue weighted by molar-refractivity contribution is 0.100. The number of para-hydroxylation sites is 1. The molecule has 1 aliphatic carbocycles. The van der Waals surface area contributed by atoms with E-state index in [4.69, 9.17) is 5.73 Å². The Kier molecular flexibility index (Phi) is 2.82. The van der Waals surface area contributed by atoms with Crippen LogP contribution in [0.5, 0.6) is 0 Å². The minimum absolute atomic E-state index is 0.333. The number of primary amides is 1. The van der Waals surface area contributed by atoms with Gasteiger partial charge in [0.05, 0.1) is 5.56 Å². The van der Waals surface area contributed by atoms with Crippen molar-refractivity contribution < 1.29 is 4.79 Å². The molecular weight excluding hydrogens is 224 g/mol. The predicted molar refractivity (Wildman–Crippen MR) is 72.6 cm³/mol. The summed E-state index contributed by atoms with van der Waals surface area (Å²) in [6.45, 7) is 0. The summed E-state index contributed by atoms with van der Waals surface area (Å²) in [6, 6.07) is 8.56. The molecule has 2 aromatic rings. The zero-order valence-corrected chi connectivity index (χ0v) is 10.4. The maximum Gasteiger partial charge on any atom is 0.250 e. The average Bonchev–Trinajstić information content (AvgIpc) is 2.79. The number of fused-ring (bicyclic) bond motifs is 1. The Morgan fingerprint density at radius 3 is 2.61 bits per heavy atom. The topological polar surface area (TPSA) is 48.0 Å². The number of rotatable bonds is 2. The lowest BCUT2D eigenvalue weighted by Gasteiger charge is -2.24. The van der Waals surface area contributed by atoms with E-state index in [9.17, 15) is 4.79 Å². The van der Waals surface area contributed by atoms with Gasteiger partial charge in [0.25, 0.3) is 5.91 Å². The normalized spacial score (nSPS) is 17.1. The molecule has 0 aliphatic heterocycles. The van der Waals surface area contributed by atoms with Gasteiger partial charge >= 0.3 is 0 Å². The standard InChI is InChI=1S/C15H18N2O/c16-15(18)13-10-17(11-6-2-1-3-7-11)14-9-5-4-8-12(13)14/h4-5,8-11H,1-3,6-7H2,(H2,16,18). The van der Waals surface area contributed by atoms with E-state index >= 15 is 0 Å². The highest BCUT2D eigenvalue weighted by molar-refractivity contribution is 6.06. The molecule has 1 aromatic heterocycles. The molecule has 1 heterocycles. The van der Waals surface area contributed by atoms with Gasteiger partial charge in [-0.05, 0) is 18.9 Å². The quantitative estimate of drug-likeness (QED) is 0.863. The first-order chi connectivity index (χ1) is 8.77. The van der Waals surface area contributed by atoms with Crippen LogP contribution >= 0.6 is 0 Å². The van der Waals surface area contributed by atoms with E-state index in [-0.39, 0.29) is 5.91 Å². The fourth-order valence-electron chi connectivity index (χ4n) is 3.06. The van der Waals surface area contributed by atoms with E-state index < -0.39 is 0 Å². The van der Waals surface area contributed by atoms with Crippen molar-refractivity contribution in [2.24, 2.45) is 5.73 Å². The van der Waals surface area contributed by atoms with Gasteiger partial charge in [-0.15, -0.1) is 0 Å². The first-order valence-electron chi connectivity index (χ1n) is 6.67. The van der Waals surface area contributed by atoms with Crippen LogP contribution in [0.25, 0.3) is 10.9 Å². The molecule has 0 saturated heterocycles. The summed E-state index contributed by atoms with van der Waals surface area (Å²) in [5.74, 6) is -0.333. The molecule has 0 atom stereocenters. The summed E-state index contributed by atoms with van der Waals surface area (Å²) in [5.41, 5.74) is 7.26. The highest BCUT2D eigenvalue weighted by Gasteiger charge is 2.19. The van der Waals surface area contributed by atoms with E-state index in [1.807, 2.05) is 24.4 Å². The number of hydrogen-bond donors (Lipinski definition) is 1. The second-order valence-electron chi connectivity index (χ2n) is 5.12. The molecule has 2 N–H and O–H groups in total. The van der Waals surface area contributed by atoms with Gasteiger partial charge in [0.15, 0.2) is 0 Å². The molecule has 0 radical (unpaired) electrons. The summed E-state index contributed by atoms with van der Waals surface area (Å²) in [4.78, 5) is 11.5. The number of nitrogens with two attached hydrogens (primary N) is 1. The fourth-order valence-corrected chi connectivity index (χ4v) is 3.06. The van der Waals surface area contributed by atoms with E-state index in [0.29, 0.717) is 11.6 Å². The molecule has 0 bridgehead atoms. The minimum atomic E-state index is -0.333. The zero-order chi connectivity index (χ0) is 12.5. The molecule has 0 unspecified atom stereocenters. The molecule has 0 spiro atoms. The molecule has 94 valence electrons. The van der Waals surface area contributed by atoms with E-state index in [1.165, 1.54) is 32.1 Å². The van der Waals surface area contributed by atoms with Crippen molar-refractivity contribution in [3.05, 3.63) is 36.0 Å². The van der Waals surface area contributed by atoms with Gasteiger partial charge in [-0.2, -0.15) is 0 Å². The van der Waals surface area contributed by atoms with E-state index in [1.54, 1.807) is 0 Å². The van der Waals surface area contributed by atoms with Crippen LogP contribution in [0.4, 0.5) is 0 Å². The first-order valence-corrected chi connectivity index (χ1v) is 6.67. The third kappa shape index (κ3) is 1.80. The van der Waals surface area contributed by atoms with E-state index in [2.05, 4.69) is 10.6 Å². The Morgan fingerprint density at radius 1 is 1.17 bits per heavy atom. The van der Waals surface area contributed by atoms with Crippen molar-refractivity contribution in [3.8, 4) is 0 Å². The van der Waals surface area contributed by atoms with Crippen LogP contribution in [0.2, 0.25) is 0 Å². The number of aromatic nitrogens is 1. The van der Waals surface area contributed by atoms with Crippen LogP contribution in [0, 0.1) is 0 Å². The van der Waals surface area contributed by atoms with Crippen LogP contribution in [0.15, 0.2) is 30.5 Å². The Morgan fingerprint density at radius 2 is 1.89 bits per heavy atom. The maximum atomic E-state index is 11.5. The highest BCUT2D eigenvalue weighted by Crippen LogP contribution is 2.33. The Bertz CT molecular complexity index is 579. The summed E-state index contributed by atoms with van der Waals surface area (Å²) in [7, 11) is 0. The zero-order valence-electron chi connectivity index (χ0n) is 10.4. The molecule has 3 nitrogen and oxygen atoms in total. The van der Waals surface area contributed by atoms with Crippen molar-refractivity contribution in [3.63, 3.8) is 0 Å². The first kappa shape index (κ1) is 11.3. The van der Waals surface area contributed by atoms with Gasteiger partial charge < -0.3 is 10.3 Å². The molecule has 1 saturated carbocycles. The molecule has 1 aliphatic rings. The molecule has 1 aromatic carbocycles. The molecule has 3 heteroatoms. The van der Waals surface area contributed by atoms with Crippen molar-refractivity contribution in [1.82, 2.24) is 4.57 Å². The average molecular weight is 242 g/mol. The number of hydrogen-bond acceptors (Lipinski definition) is 1. The molecule has 18 heavy (non-hydrogen) atoms. The monoisotopic (exact) mass is 242 g/mol. The fraction of sp³-hybridized carbons (Fsp3) is 0.400. The minimum Gasteiger partial charge on any atom is -0.366 e. The van der Waals surface area contributed by atoms with E-state index in [0.717, 1.165) is 10.9 Å². The number of carbonyl (C=O) groups excluding carboxylic acids is 1. The second kappa shape index (κ2) is 4.48. The van der Waals surface area contributed by atoms with Gasteiger partial charge in [-0.1, -0.05) is 37.5 Å². The lowest BCUT2D eigenvalue weighted by Crippen LogP contribution is -2.13. The van der Waals surface area contributed by atoms with Gasteiger partial charge in [0.2, 0.25) is 0 Å². The molecule has 3 rings (SSSR count). The van der Waals surface area contributed by atoms with Gasteiger partial charge in [0.1, 0.15) is 0 Å². The second-order valence-corrected chi connectivity index (χ2v) is 5.12. The summed E-state index contributed by atoms with van der Waals surface area (Å²) >= 11 is 0. The Balaban J connectivity index is 2.13. The SMILES string of the molecule is NC(=O)c1cn(C2CCCCC2)c2ccccc12. The van der Waals surface area contributed by atoms with Crippen LogP contribution in [0.3, 0.4) is 0 Å². The van der Waals surface area contributed by atoms with Crippen molar-refractivity contribution in [2.75, 3.05) is 0 Å². The van der Waals surface area contributed by atoms with Crippen molar-refractivity contribution in [1.29, 1.82) is 0 Å². The number of amides is 1. The predicted octanol–water partition coefficient (Wildman–Crippen LogP) is 3.25. The summed E-state index contributed by atoms with van der Waals surface area (Å²) in [5, 5.41) is 0.982. The lowest BCUT2D eigenvalue weighted by atomic mass is 9.95. The van der Waals surface area contributed by atoms with Crippen LogP contribution in [-0.2, 0) is 0 Å². The van der Waals surface area contributed by atoms with Crippen LogP contribution in [-0.4, -0.2) is 10.5 Å². The van der Waals surface area contributed by atoms with Crippen LogP contribution in [0.1, 0.15) is 48.5 Å². The molecule has 1 fully saturated rings. The number of benzene rings is 1. The summed E-state index contributed by atoms with van der Waals surface area (Å²) in [6.07, 6.45) is 8.25. The third-order valence-electron chi connectivity index (χ3n) is 3.97. The highest BCUT2D eigenvalue weighted by atomic mass is 16.1. The number of nitrogens with zero attached hydrogens (tertiary/aromatic N) is 1. The number of carbonyl (C=O) groups is 1. The maximum absolute atomic E-state index is 11.5. The van der Waals surface area contributed by atoms with Gasteiger partial charge in [-0.25, -0.2) is 0 Å².